The summed E-state index contributed by atoms with van der Waals surface area (Å²) in [5.41, 5.74) is 1.15. The van der Waals surface area contributed by atoms with Crippen LogP contribution in [-0.4, -0.2) is 37.3 Å². The molecule has 8 nitrogen and oxygen atoms in total. The summed E-state index contributed by atoms with van der Waals surface area (Å²) >= 11 is 0. The lowest BCUT2D eigenvalue weighted by Crippen LogP contribution is -2.23. The molecule has 2 aromatic rings. The molecule has 0 spiro atoms. The number of benzene rings is 2. The second-order valence-corrected chi connectivity index (χ2v) is 7.83. The fourth-order valence-corrected chi connectivity index (χ4v) is 3.60. The Kier molecular flexibility index (Phi) is 6.10. The molecule has 0 saturated carbocycles. The third-order valence-corrected chi connectivity index (χ3v) is 5.22. The van der Waals surface area contributed by atoms with E-state index in [-0.39, 0.29) is 59.0 Å². The van der Waals surface area contributed by atoms with Gasteiger partial charge < -0.3 is 30.3 Å². The van der Waals surface area contributed by atoms with E-state index in [0.717, 1.165) is 17.7 Å². The van der Waals surface area contributed by atoms with Crippen LogP contribution in [0.15, 0.2) is 35.9 Å². The van der Waals surface area contributed by atoms with E-state index in [1.54, 1.807) is 6.08 Å². The molecule has 31 heavy (non-hydrogen) atoms. The molecule has 1 aliphatic rings. The van der Waals surface area contributed by atoms with Crippen molar-refractivity contribution in [3.05, 3.63) is 52.6 Å². The molecular weight excluding hydrogens is 404 g/mol. The number of phenols is 4. The maximum Gasteiger partial charge on any atom is 0.307 e. The molecule has 0 saturated heterocycles. The molecule has 0 aromatic heterocycles. The van der Waals surface area contributed by atoms with E-state index >= 15 is 0 Å². The van der Waals surface area contributed by atoms with E-state index in [1.807, 2.05) is 13.8 Å². The summed E-state index contributed by atoms with van der Waals surface area (Å²) in [6.07, 6.45) is 0.717. The smallest absolute Gasteiger partial charge is 0.307 e. The van der Waals surface area contributed by atoms with Crippen molar-refractivity contribution in [1.29, 1.82) is 0 Å². The Labute approximate surface area is 178 Å². The zero-order valence-electron chi connectivity index (χ0n) is 17.1. The number of carboxylic acids is 1. The summed E-state index contributed by atoms with van der Waals surface area (Å²) in [5.74, 6) is -3.84. The minimum Gasteiger partial charge on any atom is -0.508 e. The molecule has 3 rings (SSSR count). The maximum absolute atomic E-state index is 12.8. The first-order chi connectivity index (χ1) is 14.6. The van der Waals surface area contributed by atoms with Crippen molar-refractivity contribution in [3.8, 4) is 28.7 Å². The first-order valence-electron chi connectivity index (χ1n) is 9.74. The average Bonchev–Trinajstić information content (AvgIpc) is 2.66. The van der Waals surface area contributed by atoms with Gasteiger partial charge in [0.15, 0.2) is 5.78 Å². The van der Waals surface area contributed by atoms with Crippen LogP contribution in [0.4, 0.5) is 0 Å². The topological polar surface area (TPSA) is 145 Å². The van der Waals surface area contributed by atoms with Gasteiger partial charge in [-0.25, -0.2) is 0 Å². The summed E-state index contributed by atoms with van der Waals surface area (Å²) in [5, 5.41) is 50.0. The van der Waals surface area contributed by atoms with Crippen LogP contribution in [0.3, 0.4) is 0 Å². The van der Waals surface area contributed by atoms with Crippen molar-refractivity contribution >= 4 is 11.8 Å². The minimum atomic E-state index is -1.08. The van der Waals surface area contributed by atoms with E-state index in [1.165, 1.54) is 12.1 Å². The number of ketones is 1. The third kappa shape index (κ3) is 4.58. The fraction of sp³-hybridized carbons (Fsp3) is 0.304. The lowest BCUT2D eigenvalue weighted by atomic mass is 9.88. The monoisotopic (exact) mass is 428 g/mol. The molecule has 2 aromatic carbocycles. The van der Waals surface area contributed by atoms with E-state index in [2.05, 4.69) is 0 Å². The van der Waals surface area contributed by atoms with Gasteiger partial charge in [0.05, 0.1) is 12.3 Å². The van der Waals surface area contributed by atoms with Gasteiger partial charge in [0.2, 0.25) is 0 Å². The first kappa shape index (κ1) is 22.0. The summed E-state index contributed by atoms with van der Waals surface area (Å²) in [4.78, 5) is 24.6. The number of Topliss-reactive ketones (excluding diaryl/α,β-unsaturated/α-hetero) is 1. The van der Waals surface area contributed by atoms with Crippen molar-refractivity contribution in [1.82, 2.24) is 0 Å². The highest BCUT2D eigenvalue weighted by Gasteiger charge is 2.35. The molecule has 0 fully saturated rings. The van der Waals surface area contributed by atoms with Crippen molar-refractivity contribution in [2.45, 2.75) is 39.2 Å². The third-order valence-electron chi connectivity index (χ3n) is 5.22. The summed E-state index contributed by atoms with van der Waals surface area (Å²) < 4.78 is 5.92. The molecule has 8 heteroatoms. The molecule has 0 radical (unpaired) electrons. The average molecular weight is 428 g/mol. The number of carbonyl (C=O) groups is 2. The van der Waals surface area contributed by atoms with Crippen LogP contribution < -0.4 is 4.74 Å². The van der Waals surface area contributed by atoms with Gasteiger partial charge in [0, 0.05) is 23.3 Å². The van der Waals surface area contributed by atoms with E-state index in [4.69, 9.17) is 4.74 Å². The van der Waals surface area contributed by atoms with E-state index in [0.29, 0.717) is 0 Å². The fourth-order valence-electron chi connectivity index (χ4n) is 3.60. The van der Waals surface area contributed by atoms with Gasteiger partial charge in [-0.3, -0.25) is 9.59 Å². The predicted octanol–water partition coefficient (Wildman–Crippen LogP) is 3.82. The first-order valence-corrected chi connectivity index (χ1v) is 9.74. The molecule has 0 amide bonds. The highest BCUT2D eigenvalue weighted by atomic mass is 16.5. The number of carbonyl (C=O) groups excluding carboxylic acids is 1. The zero-order valence-corrected chi connectivity index (χ0v) is 17.1. The van der Waals surface area contributed by atoms with Crippen LogP contribution in [0.5, 0.6) is 28.7 Å². The number of aliphatic carboxylic acids is 1. The second-order valence-electron chi connectivity index (χ2n) is 7.83. The van der Waals surface area contributed by atoms with E-state index < -0.39 is 29.5 Å². The Morgan fingerprint density at radius 2 is 1.84 bits per heavy atom. The van der Waals surface area contributed by atoms with Gasteiger partial charge in [-0.15, -0.1) is 0 Å². The molecule has 1 aliphatic heterocycles. The number of phenolic OH excluding ortho intramolecular Hbond substituents is 4. The van der Waals surface area contributed by atoms with Crippen LogP contribution in [0.2, 0.25) is 0 Å². The number of hydrogen-bond donors (Lipinski definition) is 5. The quantitative estimate of drug-likeness (QED) is 0.437. The molecule has 164 valence electrons. The standard InChI is InChI=1S/C23H24O8/c1-11(2)3-4-12(23(29)30)7-15-17(26)9-18(27)21-19(28)10-20(31-22(15)21)14-6-5-13(24)8-16(14)25/h3,5-6,8-9,12,20,24-27H,4,7,10H2,1-2H3,(H,29,30)/t12?,20-/m0/s1. The Bertz CT molecular complexity index is 1070. The van der Waals surface area contributed by atoms with Crippen LogP contribution in [0, 0.1) is 5.92 Å². The van der Waals surface area contributed by atoms with Crippen LogP contribution >= 0.6 is 0 Å². The minimum absolute atomic E-state index is 0.0960. The Morgan fingerprint density at radius 1 is 1.13 bits per heavy atom. The van der Waals surface area contributed by atoms with Crippen LogP contribution in [0.1, 0.15) is 54.3 Å². The largest absolute Gasteiger partial charge is 0.508 e. The number of hydrogen-bond acceptors (Lipinski definition) is 7. The van der Waals surface area contributed by atoms with Gasteiger partial charge in [-0.1, -0.05) is 11.6 Å². The molecular formula is C23H24O8. The molecule has 2 atom stereocenters. The normalized spacial score (nSPS) is 16.2. The molecule has 1 heterocycles. The molecule has 0 aliphatic carbocycles. The summed E-state index contributed by atoms with van der Waals surface area (Å²) in [7, 11) is 0. The zero-order chi connectivity index (χ0) is 22.9. The van der Waals surface area contributed by atoms with Gasteiger partial charge >= 0.3 is 5.97 Å². The highest BCUT2D eigenvalue weighted by Crippen LogP contribution is 2.47. The van der Waals surface area contributed by atoms with Crippen LogP contribution in [0.25, 0.3) is 0 Å². The maximum atomic E-state index is 12.8. The van der Waals surface area contributed by atoms with Crippen LogP contribution in [-0.2, 0) is 11.2 Å². The number of rotatable bonds is 6. The number of ether oxygens (including phenoxy) is 1. The number of fused-ring (bicyclic) bond motifs is 1. The number of allylic oxidation sites excluding steroid dienone is 2. The van der Waals surface area contributed by atoms with Crippen molar-refractivity contribution in [2.24, 2.45) is 5.92 Å². The molecule has 5 N–H and O–H groups in total. The number of aromatic hydroxyl groups is 4. The van der Waals surface area contributed by atoms with Crippen molar-refractivity contribution < 1.29 is 39.9 Å². The van der Waals surface area contributed by atoms with Gasteiger partial charge in [-0.05, 0) is 38.8 Å². The Hall–Kier alpha value is -3.68. The van der Waals surface area contributed by atoms with Gasteiger partial charge in [0.1, 0.15) is 40.4 Å². The second kappa shape index (κ2) is 8.59. The lowest BCUT2D eigenvalue weighted by molar-refractivity contribution is -0.141. The highest BCUT2D eigenvalue weighted by molar-refractivity contribution is 6.03. The SMILES string of the molecule is CC(C)=CCC(Cc1c(O)cc(O)c2c1O[C@H](c1ccc(O)cc1O)CC2=O)C(=O)O. The molecule has 0 bridgehead atoms. The summed E-state index contributed by atoms with van der Waals surface area (Å²) in [6.45, 7) is 3.69. The Morgan fingerprint density at radius 3 is 2.45 bits per heavy atom. The number of carboxylic acid groups (broad SMARTS) is 1. The lowest BCUT2D eigenvalue weighted by Gasteiger charge is -2.29. The van der Waals surface area contributed by atoms with Gasteiger partial charge in [0.25, 0.3) is 0 Å². The predicted molar refractivity (Wildman–Crippen MR) is 111 cm³/mol. The van der Waals surface area contributed by atoms with Crippen molar-refractivity contribution in [3.63, 3.8) is 0 Å². The Balaban J connectivity index is 2.06. The molecule has 1 unspecified atom stereocenters. The van der Waals surface area contributed by atoms with E-state index in [9.17, 15) is 35.1 Å². The van der Waals surface area contributed by atoms with Crippen molar-refractivity contribution in [2.75, 3.05) is 0 Å². The van der Waals surface area contributed by atoms with Gasteiger partial charge in [-0.2, -0.15) is 0 Å². The summed E-state index contributed by atoms with van der Waals surface area (Å²) in [6, 6.07) is 4.86.